The first-order chi connectivity index (χ1) is 7.88. The lowest BCUT2D eigenvalue weighted by Crippen LogP contribution is -2.25. The molecule has 0 radical (unpaired) electrons. The van der Waals surface area contributed by atoms with Crippen LogP contribution in [0.1, 0.15) is 24.8 Å². The quantitative estimate of drug-likeness (QED) is 0.754. The van der Waals surface area contributed by atoms with Gasteiger partial charge in [0.05, 0.1) is 6.61 Å². The number of nitrogens with zero attached hydrogens (tertiary/aromatic N) is 1. The van der Waals surface area contributed by atoms with Crippen molar-refractivity contribution in [2.24, 2.45) is 5.92 Å². The summed E-state index contributed by atoms with van der Waals surface area (Å²) in [4.78, 5) is 2.58. The van der Waals surface area contributed by atoms with E-state index in [2.05, 4.69) is 36.1 Å². The monoisotopic (exact) mass is 217 g/mol. The number of fused-ring (bicyclic) bond motifs is 3. The summed E-state index contributed by atoms with van der Waals surface area (Å²) in [5.74, 6) is 2.53. The van der Waals surface area contributed by atoms with Crippen LogP contribution in [0.15, 0.2) is 24.3 Å². The Morgan fingerprint density at radius 3 is 3.06 bits per heavy atom. The maximum Gasteiger partial charge on any atom is 0.122 e. The average Bonchev–Trinajstić information content (AvgIpc) is 2.72. The summed E-state index contributed by atoms with van der Waals surface area (Å²) in [7, 11) is 0. The van der Waals surface area contributed by atoms with Gasteiger partial charge < -0.3 is 9.64 Å². The van der Waals surface area contributed by atoms with E-state index in [0.717, 1.165) is 12.4 Å². The van der Waals surface area contributed by atoms with Crippen molar-refractivity contribution in [2.45, 2.75) is 19.3 Å². The van der Waals surface area contributed by atoms with E-state index in [0.29, 0.717) is 11.8 Å². The molecule has 2 aliphatic heterocycles. The van der Waals surface area contributed by atoms with E-state index in [9.17, 15) is 0 Å². The van der Waals surface area contributed by atoms with Gasteiger partial charge in [0, 0.05) is 24.9 Å². The molecule has 0 N–H and O–H groups in total. The van der Waals surface area contributed by atoms with Gasteiger partial charge in [0.2, 0.25) is 0 Å². The molecule has 1 saturated heterocycles. The van der Waals surface area contributed by atoms with Gasteiger partial charge in [0.15, 0.2) is 0 Å². The second-order valence-electron chi connectivity index (χ2n) is 4.97. The van der Waals surface area contributed by atoms with E-state index in [1.807, 2.05) is 0 Å². The van der Waals surface area contributed by atoms with E-state index in [1.54, 1.807) is 0 Å². The highest BCUT2D eigenvalue weighted by Gasteiger charge is 2.37. The lowest BCUT2D eigenvalue weighted by atomic mass is 9.87. The molecule has 0 aromatic heterocycles. The number of ether oxygens (including phenoxy) is 1. The van der Waals surface area contributed by atoms with Gasteiger partial charge in [-0.05, 0) is 24.6 Å². The maximum atomic E-state index is 5.84. The third-order valence-electron chi connectivity index (χ3n) is 3.83. The van der Waals surface area contributed by atoms with Gasteiger partial charge in [-0.25, -0.2) is 0 Å². The van der Waals surface area contributed by atoms with Crippen molar-refractivity contribution in [2.75, 3.05) is 26.2 Å². The van der Waals surface area contributed by atoms with Crippen molar-refractivity contribution in [3.05, 3.63) is 29.8 Å². The number of rotatable bonds is 2. The second-order valence-corrected chi connectivity index (χ2v) is 4.97. The molecule has 0 amide bonds. The zero-order valence-corrected chi connectivity index (χ0v) is 9.86. The third kappa shape index (κ3) is 1.61. The van der Waals surface area contributed by atoms with E-state index < -0.39 is 0 Å². The summed E-state index contributed by atoms with van der Waals surface area (Å²) in [6, 6.07) is 8.54. The Bertz CT molecular complexity index is 377. The van der Waals surface area contributed by atoms with Crippen LogP contribution in [-0.2, 0) is 0 Å². The second kappa shape index (κ2) is 4.10. The van der Waals surface area contributed by atoms with Crippen molar-refractivity contribution < 1.29 is 4.74 Å². The first-order valence-electron chi connectivity index (χ1n) is 6.32. The minimum atomic E-state index is 0.705. The fourth-order valence-electron chi connectivity index (χ4n) is 3.10. The molecule has 2 heteroatoms. The molecule has 0 spiro atoms. The normalized spacial score (nSPS) is 28.3. The number of para-hydroxylation sites is 1. The van der Waals surface area contributed by atoms with Crippen LogP contribution in [-0.4, -0.2) is 31.1 Å². The topological polar surface area (TPSA) is 12.5 Å². The van der Waals surface area contributed by atoms with Crippen LogP contribution in [0.5, 0.6) is 5.75 Å². The van der Waals surface area contributed by atoms with Gasteiger partial charge in [0.25, 0.3) is 0 Å². The standard InChI is InChI=1S/C14H19NO/c1-2-7-15-8-11-10-16-14-6-4-3-5-12(14)13(11)9-15/h3-6,11,13H,2,7-10H2,1H3/t11-,13+/m1/s1. The van der Waals surface area contributed by atoms with Gasteiger partial charge in [0.1, 0.15) is 5.75 Å². The molecule has 86 valence electrons. The Kier molecular flexibility index (Phi) is 2.60. The summed E-state index contributed by atoms with van der Waals surface area (Å²) in [6.07, 6.45) is 1.25. The summed E-state index contributed by atoms with van der Waals surface area (Å²) >= 11 is 0. The summed E-state index contributed by atoms with van der Waals surface area (Å²) in [5, 5.41) is 0. The molecule has 2 heterocycles. The fourth-order valence-corrected chi connectivity index (χ4v) is 3.10. The summed E-state index contributed by atoms with van der Waals surface area (Å²) in [6.45, 7) is 6.83. The minimum absolute atomic E-state index is 0.705. The zero-order valence-electron chi connectivity index (χ0n) is 9.86. The van der Waals surface area contributed by atoms with Crippen molar-refractivity contribution in [1.29, 1.82) is 0 Å². The van der Waals surface area contributed by atoms with Crippen LogP contribution in [0.25, 0.3) is 0 Å². The lowest BCUT2D eigenvalue weighted by Gasteiger charge is -2.27. The lowest BCUT2D eigenvalue weighted by molar-refractivity contribution is 0.213. The summed E-state index contributed by atoms with van der Waals surface area (Å²) < 4.78 is 5.84. The Morgan fingerprint density at radius 2 is 2.19 bits per heavy atom. The van der Waals surface area contributed by atoms with Crippen LogP contribution in [0.2, 0.25) is 0 Å². The van der Waals surface area contributed by atoms with Crippen LogP contribution in [0.3, 0.4) is 0 Å². The number of benzene rings is 1. The molecular weight excluding hydrogens is 198 g/mol. The van der Waals surface area contributed by atoms with Gasteiger partial charge in [-0.2, -0.15) is 0 Å². The molecule has 2 atom stereocenters. The third-order valence-corrected chi connectivity index (χ3v) is 3.83. The average molecular weight is 217 g/mol. The molecule has 2 aliphatic rings. The van der Waals surface area contributed by atoms with Crippen LogP contribution < -0.4 is 4.74 Å². The van der Waals surface area contributed by atoms with Crippen molar-refractivity contribution in [3.63, 3.8) is 0 Å². The van der Waals surface area contributed by atoms with E-state index in [-0.39, 0.29) is 0 Å². The van der Waals surface area contributed by atoms with Crippen LogP contribution in [0.4, 0.5) is 0 Å². The maximum absolute atomic E-state index is 5.84. The van der Waals surface area contributed by atoms with Crippen LogP contribution in [0, 0.1) is 5.92 Å². The molecule has 0 aliphatic carbocycles. The number of hydrogen-bond acceptors (Lipinski definition) is 2. The molecular formula is C14H19NO. The first-order valence-corrected chi connectivity index (χ1v) is 6.32. The molecule has 2 nitrogen and oxygen atoms in total. The largest absolute Gasteiger partial charge is 0.493 e. The minimum Gasteiger partial charge on any atom is -0.493 e. The van der Waals surface area contributed by atoms with E-state index in [4.69, 9.17) is 4.74 Å². The van der Waals surface area contributed by atoms with Crippen LogP contribution >= 0.6 is 0 Å². The smallest absolute Gasteiger partial charge is 0.122 e. The SMILES string of the molecule is CCCN1C[C@@H]2COc3ccccc3[C@H]2C1. The molecule has 0 unspecified atom stereocenters. The summed E-state index contributed by atoms with van der Waals surface area (Å²) in [5.41, 5.74) is 1.43. The zero-order chi connectivity index (χ0) is 11.0. The van der Waals surface area contributed by atoms with Gasteiger partial charge in [-0.15, -0.1) is 0 Å². The highest BCUT2D eigenvalue weighted by Crippen LogP contribution is 2.41. The molecule has 0 bridgehead atoms. The fraction of sp³-hybridized carbons (Fsp3) is 0.571. The molecule has 0 saturated carbocycles. The van der Waals surface area contributed by atoms with Gasteiger partial charge >= 0.3 is 0 Å². The van der Waals surface area contributed by atoms with E-state index >= 15 is 0 Å². The van der Waals surface area contributed by atoms with Crippen molar-refractivity contribution >= 4 is 0 Å². The number of hydrogen-bond donors (Lipinski definition) is 0. The molecule has 1 aromatic rings. The Balaban J connectivity index is 1.84. The van der Waals surface area contributed by atoms with E-state index in [1.165, 1.54) is 31.6 Å². The Hall–Kier alpha value is -1.02. The Labute approximate surface area is 97.2 Å². The van der Waals surface area contributed by atoms with Gasteiger partial charge in [-0.1, -0.05) is 25.1 Å². The first kappa shape index (κ1) is 10.2. The van der Waals surface area contributed by atoms with Crippen molar-refractivity contribution in [1.82, 2.24) is 4.90 Å². The highest BCUT2D eigenvalue weighted by molar-refractivity contribution is 5.39. The molecule has 16 heavy (non-hydrogen) atoms. The number of likely N-dealkylation sites (tertiary alicyclic amines) is 1. The molecule has 1 fully saturated rings. The highest BCUT2D eigenvalue weighted by atomic mass is 16.5. The predicted molar refractivity (Wildman–Crippen MR) is 64.9 cm³/mol. The molecule has 3 rings (SSSR count). The van der Waals surface area contributed by atoms with Gasteiger partial charge in [-0.3, -0.25) is 0 Å². The van der Waals surface area contributed by atoms with Crippen molar-refractivity contribution in [3.8, 4) is 5.75 Å². The molecule has 1 aromatic carbocycles. The Morgan fingerprint density at radius 1 is 1.31 bits per heavy atom. The predicted octanol–water partition coefficient (Wildman–Crippen LogP) is 2.50.